The van der Waals surface area contributed by atoms with E-state index in [1.165, 1.54) is 6.04 Å². The predicted octanol–water partition coefficient (Wildman–Crippen LogP) is 1.86. The fourth-order valence-electron chi connectivity index (χ4n) is 1.45. The Hall–Kier alpha value is 0.664. The Balaban J connectivity index is 4.18. The van der Waals surface area contributed by atoms with Crippen LogP contribution in [-0.4, -0.2) is 37.3 Å². The monoisotopic (exact) mass is 268 g/mol. The van der Waals surface area contributed by atoms with Gasteiger partial charge in [0.05, 0.1) is 8.67 Å². The Kier molecular flexibility index (Phi) is 10.3. The summed E-state index contributed by atoms with van der Waals surface area (Å²) in [5, 5.41) is 0. The molecule has 0 amide bonds. The zero-order valence-electron chi connectivity index (χ0n) is 10.1. The second-order valence-corrected chi connectivity index (χ2v) is 8.39. The SMILES string of the molecule is CCO[Si](CCC[SiH2]S)(OCC)OCC. The summed E-state index contributed by atoms with van der Waals surface area (Å²) in [4.78, 5) is 0. The molecule has 0 aliphatic heterocycles. The number of hydrogen-bond acceptors (Lipinski definition) is 4. The number of hydrogen-bond donors (Lipinski definition) is 1. The first-order valence-electron chi connectivity index (χ1n) is 5.77. The fourth-order valence-corrected chi connectivity index (χ4v) is 5.78. The zero-order chi connectivity index (χ0) is 11.6. The highest BCUT2D eigenvalue weighted by molar-refractivity contribution is 8.06. The minimum atomic E-state index is -2.34. The van der Waals surface area contributed by atoms with Gasteiger partial charge in [0, 0.05) is 25.9 Å². The van der Waals surface area contributed by atoms with Gasteiger partial charge in [0.15, 0.2) is 0 Å². The normalized spacial score (nSPS) is 12.8. The van der Waals surface area contributed by atoms with E-state index >= 15 is 0 Å². The van der Waals surface area contributed by atoms with E-state index in [2.05, 4.69) is 12.1 Å². The summed E-state index contributed by atoms with van der Waals surface area (Å²) in [5.41, 5.74) is 0. The Labute approximate surface area is 102 Å². The maximum atomic E-state index is 5.74. The smallest absolute Gasteiger partial charge is 0.374 e. The molecule has 15 heavy (non-hydrogen) atoms. The van der Waals surface area contributed by atoms with Crippen LogP contribution in [0, 0.1) is 0 Å². The maximum absolute atomic E-state index is 5.74. The van der Waals surface area contributed by atoms with Crippen molar-refractivity contribution >= 4 is 29.6 Å². The molecule has 0 fully saturated rings. The van der Waals surface area contributed by atoms with E-state index in [4.69, 9.17) is 13.3 Å². The molecule has 6 heteroatoms. The lowest BCUT2D eigenvalue weighted by Crippen LogP contribution is -2.45. The van der Waals surface area contributed by atoms with Gasteiger partial charge in [-0.1, -0.05) is 12.5 Å². The average molecular weight is 269 g/mol. The van der Waals surface area contributed by atoms with Crippen molar-refractivity contribution in [3.63, 3.8) is 0 Å². The molecule has 0 rings (SSSR count). The topological polar surface area (TPSA) is 27.7 Å². The van der Waals surface area contributed by atoms with Crippen LogP contribution in [0.15, 0.2) is 0 Å². The van der Waals surface area contributed by atoms with E-state index in [-0.39, 0.29) is 8.67 Å². The highest BCUT2D eigenvalue weighted by Crippen LogP contribution is 2.19. The fraction of sp³-hybridized carbons (Fsp3) is 1.00. The van der Waals surface area contributed by atoms with Crippen molar-refractivity contribution in [3.8, 4) is 0 Å². The van der Waals surface area contributed by atoms with Gasteiger partial charge in [-0.3, -0.25) is 0 Å². The second-order valence-electron chi connectivity index (χ2n) is 3.16. The van der Waals surface area contributed by atoms with Gasteiger partial charge in [0.25, 0.3) is 0 Å². The highest BCUT2D eigenvalue weighted by atomic mass is 32.3. The van der Waals surface area contributed by atoms with Crippen molar-refractivity contribution < 1.29 is 13.3 Å². The van der Waals surface area contributed by atoms with Crippen molar-refractivity contribution in [1.29, 1.82) is 0 Å². The van der Waals surface area contributed by atoms with Crippen LogP contribution in [-0.2, 0) is 13.3 Å². The third-order valence-corrected chi connectivity index (χ3v) is 6.90. The third-order valence-electron chi connectivity index (χ3n) is 1.98. The molecule has 92 valence electrons. The van der Waals surface area contributed by atoms with Gasteiger partial charge in [-0.05, 0) is 20.8 Å². The molecule has 0 N–H and O–H groups in total. The molecule has 0 heterocycles. The molecule has 0 aromatic heterocycles. The van der Waals surface area contributed by atoms with E-state index in [9.17, 15) is 0 Å². The van der Waals surface area contributed by atoms with Crippen LogP contribution in [0.2, 0.25) is 12.1 Å². The maximum Gasteiger partial charge on any atom is 0.500 e. The summed E-state index contributed by atoms with van der Waals surface area (Å²) in [7, 11) is -2.49. The molecule has 0 unspecified atom stereocenters. The first kappa shape index (κ1) is 15.7. The van der Waals surface area contributed by atoms with Gasteiger partial charge in [0.1, 0.15) is 0 Å². The summed E-state index contributed by atoms with van der Waals surface area (Å²) < 4.78 is 17.2. The molecule has 0 spiro atoms. The van der Waals surface area contributed by atoms with Crippen molar-refractivity contribution in [3.05, 3.63) is 0 Å². The van der Waals surface area contributed by atoms with Crippen LogP contribution in [0.4, 0.5) is 0 Å². The minimum Gasteiger partial charge on any atom is -0.374 e. The van der Waals surface area contributed by atoms with Crippen LogP contribution in [0.5, 0.6) is 0 Å². The third kappa shape index (κ3) is 6.75. The molecule has 0 bridgehead atoms. The van der Waals surface area contributed by atoms with Gasteiger partial charge < -0.3 is 13.3 Å². The average Bonchev–Trinajstić information content (AvgIpc) is 2.19. The van der Waals surface area contributed by atoms with Crippen LogP contribution in [0.25, 0.3) is 0 Å². The van der Waals surface area contributed by atoms with Crippen molar-refractivity contribution in [2.75, 3.05) is 19.8 Å². The van der Waals surface area contributed by atoms with Crippen LogP contribution in [0.3, 0.4) is 0 Å². The molecule has 0 saturated carbocycles. The lowest BCUT2D eigenvalue weighted by Gasteiger charge is -2.28. The lowest BCUT2D eigenvalue weighted by molar-refractivity contribution is 0.0712. The van der Waals surface area contributed by atoms with Crippen LogP contribution >= 0.6 is 12.1 Å². The van der Waals surface area contributed by atoms with E-state index in [1.807, 2.05) is 20.8 Å². The Morgan fingerprint density at radius 3 is 1.80 bits per heavy atom. The van der Waals surface area contributed by atoms with Crippen molar-refractivity contribution in [2.24, 2.45) is 0 Å². The summed E-state index contributed by atoms with van der Waals surface area (Å²) >= 11 is 4.34. The summed E-state index contributed by atoms with van der Waals surface area (Å²) in [6.45, 7) is 7.99. The van der Waals surface area contributed by atoms with E-state index < -0.39 is 8.80 Å². The Morgan fingerprint density at radius 2 is 1.47 bits per heavy atom. The molecule has 0 aliphatic rings. The Morgan fingerprint density at radius 1 is 1.00 bits per heavy atom. The van der Waals surface area contributed by atoms with Crippen molar-refractivity contribution in [2.45, 2.75) is 39.3 Å². The summed E-state index contributed by atoms with van der Waals surface area (Å²) in [5.74, 6) is 0. The van der Waals surface area contributed by atoms with Gasteiger partial charge in [-0.25, -0.2) is 12.1 Å². The largest absolute Gasteiger partial charge is 0.500 e. The van der Waals surface area contributed by atoms with Gasteiger partial charge in [-0.15, -0.1) is 0 Å². The molecule has 0 atom stereocenters. The standard InChI is InChI=1S/C9H24O3SSi2/c1-4-10-15(11-5-2,12-6-3)9-7-8-14-13/h13H,4-9,14H2,1-3H3. The Bertz CT molecular complexity index is 132. The van der Waals surface area contributed by atoms with E-state index in [1.54, 1.807) is 0 Å². The number of thiol groups is 1. The summed E-state index contributed by atoms with van der Waals surface area (Å²) in [6, 6.07) is 2.17. The molecule has 3 nitrogen and oxygen atoms in total. The van der Waals surface area contributed by atoms with E-state index in [0.717, 1.165) is 12.5 Å². The lowest BCUT2D eigenvalue weighted by atomic mass is 10.6. The molecular formula is C9H24O3SSi2. The quantitative estimate of drug-likeness (QED) is 0.372. The zero-order valence-corrected chi connectivity index (χ0v) is 13.4. The van der Waals surface area contributed by atoms with Crippen molar-refractivity contribution in [1.82, 2.24) is 0 Å². The second kappa shape index (κ2) is 9.86. The molecule has 0 saturated heterocycles. The number of rotatable bonds is 10. The first-order valence-corrected chi connectivity index (χ1v) is 11.2. The summed E-state index contributed by atoms with van der Waals surface area (Å²) in [6.07, 6.45) is 1.13. The molecule has 0 aromatic rings. The van der Waals surface area contributed by atoms with Crippen LogP contribution < -0.4 is 0 Å². The highest BCUT2D eigenvalue weighted by Gasteiger charge is 2.39. The van der Waals surface area contributed by atoms with Gasteiger partial charge in [-0.2, -0.15) is 0 Å². The molecule has 0 radical (unpaired) electrons. The minimum absolute atomic E-state index is 0.147. The van der Waals surface area contributed by atoms with E-state index in [0.29, 0.717) is 19.8 Å². The predicted molar refractivity (Wildman–Crippen MR) is 72.4 cm³/mol. The van der Waals surface area contributed by atoms with Gasteiger partial charge in [0.2, 0.25) is 0 Å². The van der Waals surface area contributed by atoms with Crippen LogP contribution in [0.1, 0.15) is 27.2 Å². The molecule has 0 aromatic carbocycles. The first-order chi connectivity index (χ1) is 7.24. The van der Waals surface area contributed by atoms with Gasteiger partial charge >= 0.3 is 8.80 Å². The molecular weight excluding hydrogens is 244 g/mol. The molecule has 0 aliphatic carbocycles.